The number of rotatable bonds is 6. The summed E-state index contributed by atoms with van der Waals surface area (Å²) in [6, 6.07) is 14.3. The van der Waals surface area contributed by atoms with Crippen molar-refractivity contribution in [1.29, 1.82) is 0 Å². The molecule has 0 spiro atoms. The highest BCUT2D eigenvalue weighted by atomic mass is 16.5. The predicted octanol–water partition coefficient (Wildman–Crippen LogP) is 4.30. The van der Waals surface area contributed by atoms with Crippen LogP contribution in [0.3, 0.4) is 0 Å². The highest BCUT2D eigenvalue weighted by molar-refractivity contribution is 5.80. The minimum absolute atomic E-state index is 0.0867. The van der Waals surface area contributed by atoms with Crippen molar-refractivity contribution in [2.24, 2.45) is 0 Å². The van der Waals surface area contributed by atoms with Gasteiger partial charge in [0.25, 0.3) is 5.91 Å². The van der Waals surface area contributed by atoms with Gasteiger partial charge in [-0.1, -0.05) is 43.3 Å². The van der Waals surface area contributed by atoms with Crippen LogP contribution < -0.4 is 10.1 Å². The first kappa shape index (κ1) is 18.1. The number of amides is 1. The Hall–Kier alpha value is -2.29. The third-order valence-corrected chi connectivity index (χ3v) is 4.39. The summed E-state index contributed by atoms with van der Waals surface area (Å²) in [4.78, 5) is 12.3. The average Bonchev–Trinajstić information content (AvgIpc) is 2.57. The molecule has 24 heavy (non-hydrogen) atoms. The Morgan fingerprint density at radius 2 is 1.75 bits per heavy atom. The number of nitrogens with one attached hydrogen (secondary N) is 1. The maximum absolute atomic E-state index is 12.3. The maximum Gasteiger partial charge on any atom is 0.260 e. The number of aryl methyl sites for hydroxylation is 2. The van der Waals surface area contributed by atoms with Crippen molar-refractivity contribution in [1.82, 2.24) is 5.32 Å². The van der Waals surface area contributed by atoms with Gasteiger partial charge >= 0.3 is 0 Å². The molecule has 3 heteroatoms. The summed E-state index contributed by atoms with van der Waals surface area (Å²) in [6.45, 7) is 10.6. The fraction of sp³-hybridized carbons (Fsp3) is 0.381. The summed E-state index contributed by atoms with van der Waals surface area (Å²) in [5.74, 6) is 0.966. The summed E-state index contributed by atoms with van der Waals surface area (Å²) in [6.07, 6.45) is -0.520. The van der Waals surface area contributed by atoms with Crippen LogP contribution in [0.15, 0.2) is 42.5 Å². The van der Waals surface area contributed by atoms with E-state index in [0.29, 0.717) is 6.54 Å². The maximum atomic E-state index is 12.3. The molecular formula is C21H27NO2. The Balaban J connectivity index is 1.93. The molecule has 2 aromatic rings. The first-order chi connectivity index (χ1) is 11.4. The molecule has 0 heterocycles. The Labute approximate surface area is 145 Å². The Morgan fingerprint density at radius 1 is 1.08 bits per heavy atom. The second-order valence-corrected chi connectivity index (χ2v) is 6.52. The number of hydrogen-bond acceptors (Lipinski definition) is 2. The van der Waals surface area contributed by atoms with E-state index in [2.05, 4.69) is 37.4 Å². The molecule has 2 aromatic carbocycles. The van der Waals surface area contributed by atoms with Crippen molar-refractivity contribution in [3.63, 3.8) is 0 Å². The van der Waals surface area contributed by atoms with Crippen LogP contribution in [0, 0.1) is 20.8 Å². The Morgan fingerprint density at radius 3 is 2.42 bits per heavy atom. The van der Waals surface area contributed by atoms with Crippen molar-refractivity contribution in [3.8, 4) is 5.75 Å². The molecule has 0 bridgehead atoms. The number of carbonyl (C=O) groups is 1. The lowest BCUT2D eigenvalue weighted by atomic mass is 10.0. The number of carbonyl (C=O) groups excluding carboxylic acids is 1. The van der Waals surface area contributed by atoms with Crippen molar-refractivity contribution >= 4 is 5.91 Å². The lowest BCUT2D eigenvalue weighted by Gasteiger charge is -2.19. The zero-order chi connectivity index (χ0) is 17.7. The van der Waals surface area contributed by atoms with E-state index in [1.54, 1.807) is 6.92 Å². The summed E-state index contributed by atoms with van der Waals surface area (Å²) in [7, 11) is 0. The highest BCUT2D eigenvalue weighted by Gasteiger charge is 2.17. The molecule has 128 valence electrons. The number of benzene rings is 2. The Bertz CT molecular complexity index is 694. The van der Waals surface area contributed by atoms with Crippen LogP contribution in [-0.4, -0.2) is 18.6 Å². The number of ether oxygens (including phenoxy) is 1. The van der Waals surface area contributed by atoms with Crippen LogP contribution in [0.4, 0.5) is 0 Å². The lowest BCUT2D eigenvalue weighted by molar-refractivity contribution is -0.127. The van der Waals surface area contributed by atoms with Gasteiger partial charge in [0.05, 0.1) is 0 Å². The van der Waals surface area contributed by atoms with E-state index < -0.39 is 6.10 Å². The molecule has 0 radical (unpaired) electrons. The van der Waals surface area contributed by atoms with Gasteiger partial charge in [0, 0.05) is 6.54 Å². The zero-order valence-electron chi connectivity index (χ0n) is 15.2. The minimum atomic E-state index is -0.520. The largest absolute Gasteiger partial charge is 0.481 e. The summed E-state index contributed by atoms with van der Waals surface area (Å²) >= 11 is 0. The van der Waals surface area contributed by atoms with Crippen LogP contribution in [0.2, 0.25) is 0 Å². The summed E-state index contributed by atoms with van der Waals surface area (Å²) in [5, 5.41) is 2.99. The normalized spacial score (nSPS) is 13.2. The molecule has 2 atom stereocenters. The molecule has 0 aromatic heterocycles. The van der Waals surface area contributed by atoms with Crippen molar-refractivity contribution in [3.05, 3.63) is 64.7 Å². The van der Waals surface area contributed by atoms with Crippen LogP contribution in [0.1, 0.15) is 42.0 Å². The third kappa shape index (κ3) is 4.60. The molecule has 0 aliphatic carbocycles. The monoisotopic (exact) mass is 325 g/mol. The molecule has 0 saturated heterocycles. The van der Waals surface area contributed by atoms with E-state index in [-0.39, 0.29) is 11.8 Å². The van der Waals surface area contributed by atoms with Crippen LogP contribution >= 0.6 is 0 Å². The second-order valence-electron chi connectivity index (χ2n) is 6.52. The summed E-state index contributed by atoms with van der Waals surface area (Å²) < 4.78 is 5.89. The molecule has 0 unspecified atom stereocenters. The molecule has 0 saturated carbocycles. The van der Waals surface area contributed by atoms with Gasteiger partial charge in [0.15, 0.2) is 6.10 Å². The minimum Gasteiger partial charge on any atom is -0.481 e. The summed E-state index contributed by atoms with van der Waals surface area (Å²) in [5.41, 5.74) is 4.61. The number of hydrogen-bond donors (Lipinski definition) is 1. The fourth-order valence-electron chi connectivity index (χ4n) is 2.66. The van der Waals surface area contributed by atoms with Gasteiger partial charge in [-0.2, -0.15) is 0 Å². The Kier molecular flexibility index (Phi) is 6.02. The van der Waals surface area contributed by atoms with Crippen LogP contribution in [0.5, 0.6) is 5.75 Å². The topological polar surface area (TPSA) is 38.3 Å². The van der Waals surface area contributed by atoms with E-state index in [4.69, 9.17) is 4.74 Å². The fourth-order valence-corrected chi connectivity index (χ4v) is 2.66. The molecule has 1 amide bonds. The van der Waals surface area contributed by atoms with E-state index in [9.17, 15) is 4.79 Å². The van der Waals surface area contributed by atoms with Crippen LogP contribution in [0.25, 0.3) is 0 Å². The standard InChI is InChI=1S/C21H27NO2/c1-14-11-15(2)17(4)20(12-14)24-18(5)21(23)22-13-16(3)19-9-7-6-8-10-19/h6-12,16,18H,13H2,1-5H3,(H,22,23)/t16-,18+/m1/s1. The van der Waals surface area contributed by atoms with E-state index >= 15 is 0 Å². The molecule has 2 rings (SSSR count). The molecule has 3 nitrogen and oxygen atoms in total. The average molecular weight is 325 g/mol. The van der Waals surface area contributed by atoms with Gasteiger partial charge in [0.2, 0.25) is 0 Å². The third-order valence-electron chi connectivity index (χ3n) is 4.39. The SMILES string of the molecule is Cc1cc(C)c(C)c(O[C@@H](C)C(=O)NC[C@@H](C)c2ccccc2)c1. The zero-order valence-corrected chi connectivity index (χ0v) is 15.2. The molecule has 1 N–H and O–H groups in total. The molecule has 0 aliphatic rings. The van der Waals surface area contributed by atoms with Crippen molar-refractivity contribution < 1.29 is 9.53 Å². The first-order valence-corrected chi connectivity index (χ1v) is 8.45. The van der Waals surface area contributed by atoms with Gasteiger partial charge in [-0.15, -0.1) is 0 Å². The quantitative estimate of drug-likeness (QED) is 0.860. The van der Waals surface area contributed by atoms with Crippen LogP contribution in [-0.2, 0) is 4.79 Å². The van der Waals surface area contributed by atoms with Crippen molar-refractivity contribution in [2.45, 2.75) is 46.6 Å². The second kappa shape index (κ2) is 8.00. The van der Waals surface area contributed by atoms with Gasteiger partial charge in [-0.25, -0.2) is 0 Å². The lowest BCUT2D eigenvalue weighted by Crippen LogP contribution is -2.38. The van der Waals surface area contributed by atoms with E-state index in [0.717, 1.165) is 16.9 Å². The smallest absolute Gasteiger partial charge is 0.260 e. The van der Waals surface area contributed by atoms with Gasteiger partial charge in [0.1, 0.15) is 5.75 Å². The van der Waals surface area contributed by atoms with Gasteiger partial charge in [-0.3, -0.25) is 4.79 Å². The predicted molar refractivity (Wildman–Crippen MR) is 98.6 cm³/mol. The van der Waals surface area contributed by atoms with E-state index in [1.807, 2.05) is 38.1 Å². The molecular weight excluding hydrogens is 298 g/mol. The van der Waals surface area contributed by atoms with Gasteiger partial charge in [-0.05, 0) is 61.9 Å². The first-order valence-electron chi connectivity index (χ1n) is 8.45. The molecule has 0 aliphatic heterocycles. The van der Waals surface area contributed by atoms with Crippen molar-refractivity contribution in [2.75, 3.05) is 6.54 Å². The van der Waals surface area contributed by atoms with E-state index in [1.165, 1.54) is 11.1 Å². The highest BCUT2D eigenvalue weighted by Crippen LogP contribution is 2.24. The van der Waals surface area contributed by atoms with Gasteiger partial charge < -0.3 is 10.1 Å². The molecule has 0 fully saturated rings.